The molecule has 6 nitrogen and oxygen atoms in total. The van der Waals surface area contributed by atoms with Gasteiger partial charge in [0.2, 0.25) is 5.95 Å². The van der Waals surface area contributed by atoms with Gasteiger partial charge in [0.05, 0.1) is 11.7 Å². The summed E-state index contributed by atoms with van der Waals surface area (Å²) in [6, 6.07) is 5.33. The number of amides is 1. The molecular weight excluding hydrogens is 375 g/mol. The van der Waals surface area contributed by atoms with Crippen LogP contribution in [0.4, 0.5) is 5.95 Å². The number of nitrogens with zero attached hydrogens (tertiary/aromatic N) is 2. The molecule has 26 heavy (non-hydrogen) atoms. The number of anilines is 1. The molecule has 3 rings (SSSR count). The molecule has 0 bridgehead atoms. The molecule has 1 aromatic heterocycles. The molecule has 1 aliphatic rings. The molecule has 1 amide bonds. The molecule has 1 fully saturated rings. The highest BCUT2D eigenvalue weighted by Gasteiger charge is 2.15. The van der Waals surface area contributed by atoms with Gasteiger partial charge in [-0.2, -0.15) is 0 Å². The fraction of sp³-hybridized carbons (Fsp3) is 0.389. The van der Waals surface area contributed by atoms with Crippen LogP contribution in [0.3, 0.4) is 0 Å². The van der Waals surface area contributed by atoms with Gasteiger partial charge < -0.3 is 15.4 Å². The zero-order valence-electron chi connectivity index (χ0n) is 14.2. The van der Waals surface area contributed by atoms with Crippen molar-refractivity contribution in [2.45, 2.75) is 25.4 Å². The van der Waals surface area contributed by atoms with Crippen LogP contribution in [0.15, 0.2) is 30.6 Å². The number of hydrogen-bond acceptors (Lipinski definition) is 5. The van der Waals surface area contributed by atoms with Crippen LogP contribution in [0.5, 0.6) is 0 Å². The minimum Gasteiger partial charge on any atom is -0.376 e. The fourth-order valence-corrected chi connectivity index (χ4v) is 3.19. The molecule has 1 unspecified atom stereocenters. The van der Waals surface area contributed by atoms with Crippen molar-refractivity contribution in [3.63, 3.8) is 0 Å². The van der Waals surface area contributed by atoms with Crippen molar-refractivity contribution in [2.75, 3.05) is 25.0 Å². The Morgan fingerprint density at radius 1 is 1.27 bits per heavy atom. The number of aromatic nitrogens is 2. The van der Waals surface area contributed by atoms with Crippen LogP contribution < -0.4 is 10.6 Å². The average molecular weight is 395 g/mol. The Hall–Kier alpha value is -1.89. The summed E-state index contributed by atoms with van der Waals surface area (Å²) in [6.07, 6.45) is 5.98. The van der Waals surface area contributed by atoms with E-state index in [1.807, 2.05) is 6.07 Å². The SMILES string of the molecule is O=C(NCCc1ccc(Cl)cc1Cl)c1cnc(NCC2CCCO2)nc1. The third-order valence-electron chi connectivity index (χ3n) is 4.12. The van der Waals surface area contributed by atoms with Crippen LogP contribution >= 0.6 is 23.2 Å². The third-order valence-corrected chi connectivity index (χ3v) is 4.71. The second-order valence-corrected chi connectivity index (χ2v) is 6.90. The van der Waals surface area contributed by atoms with Crippen molar-refractivity contribution in [3.05, 3.63) is 51.8 Å². The number of halogens is 2. The van der Waals surface area contributed by atoms with Crippen molar-refractivity contribution >= 4 is 35.1 Å². The Kier molecular flexibility index (Phi) is 6.66. The normalized spacial score (nSPS) is 16.5. The maximum atomic E-state index is 12.2. The second-order valence-electron chi connectivity index (χ2n) is 6.05. The zero-order chi connectivity index (χ0) is 18.4. The molecular formula is C18H20Cl2N4O2. The van der Waals surface area contributed by atoms with Gasteiger partial charge in [-0.05, 0) is 37.0 Å². The highest BCUT2D eigenvalue weighted by atomic mass is 35.5. The molecule has 2 heterocycles. The lowest BCUT2D eigenvalue weighted by molar-refractivity contribution is 0.0953. The topological polar surface area (TPSA) is 76.1 Å². The quantitative estimate of drug-likeness (QED) is 0.752. The van der Waals surface area contributed by atoms with Crippen molar-refractivity contribution in [3.8, 4) is 0 Å². The van der Waals surface area contributed by atoms with Crippen molar-refractivity contribution < 1.29 is 9.53 Å². The van der Waals surface area contributed by atoms with E-state index in [1.54, 1.807) is 12.1 Å². The van der Waals surface area contributed by atoms with Crippen LogP contribution in [0, 0.1) is 0 Å². The van der Waals surface area contributed by atoms with E-state index in [4.69, 9.17) is 27.9 Å². The van der Waals surface area contributed by atoms with E-state index in [0.717, 1.165) is 25.0 Å². The minimum absolute atomic E-state index is 0.210. The standard InChI is InChI=1S/C18H20Cl2N4O2/c19-14-4-3-12(16(20)8-14)5-6-21-17(25)13-9-22-18(23-10-13)24-11-15-2-1-7-26-15/h3-4,8-10,15H,1-2,5-7,11H2,(H,21,25)(H,22,23,24). The van der Waals surface area contributed by atoms with Gasteiger partial charge in [-0.25, -0.2) is 9.97 Å². The van der Waals surface area contributed by atoms with Gasteiger partial charge in [-0.15, -0.1) is 0 Å². The van der Waals surface area contributed by atoms with E-state index in [0.29, 0.717) is 41.1 Å². The number of nitrogens with one attached hydrogen (secondary N) is 2. The molecule has 0 radical (unpaired) electrons. The van der Waals surface area contributed by atoms with E-state index >= 15 is 0 Å². The molecule has 1 aliphatic heterocycles. The molecule has 1 saturated heterocycles. The van der Waals surface area contributed by atoms with Crippen molar-refractivity contribution in [1.29, 1.82) is 0 Å². The first-order valence-corrected chi connectivity index (χ1v) is 9.27. The maximum Gasteiger partial charge on any atom is 0.254 e. The van der Waals surface area contributed by atoms with Crippen LogP contribution in [-0.4, -0.2) is 41.7 Å². The Bertz CT molecular complexity index is 749. The highest BCUT2D eigenvalue weighted by Crippen LogP contribution is 2.21. The summed E-state index contributed by atoms with van der Waals surface area (Å²) in [7, 11) is 0. The summed E-state index contributed by atoms with van der Waals surface area (Å²) < 4.78 is 5.53. The lowest BCUT2D eigenvalue weighted by atomic mass is 10.1. The van der Waals surface area contributed by atoms with Crippen molar-refractivity contribution in [1.82, 2.24) is 15.3 Å². The van der Waals surface area contributed by atoms with Gasteiger partial charge in [0.1, 0.15) is 0 Å². The Morgan fingerprint density at radius 2 is 2.08 bits per heavy atom. The van der Waals surface area contributed by atoms with Crippen LogP contribution in [0.25, 0.3) is 0 Å². The first kappa shape index (κ1) is 18.9. The van der Waals surface area contributed by atoms with E-state index in [9.17, 15) is 4.79 Å². The number of carbonyl (C=O) groups excluding carboxylic acids is 1. The molecule has 138 valence electrons. The summed E-state index contributed by atoms with van der Waals surface area (Å²) in [6.45, 7) is 1.94. The van der Waals surface area contributed by atoms with Crippen LogP contribution in [-0.2, 0) is 11.2 Å². The van der Waals surface area contributed by atoms with Gasteiger partial charge in [0, 0.05) is 42.1 Å². The lowest BCUT2D eigenvalue weighted by Crippen LogP contribution is -2.26. The van der Waals surface area contributed by atoms with Crippen molar-refractivity contribution in [2.24, 2.45) is 0 Å². The number of hydrogen-bond donors (Lipinski definition) is 2. The molecule has 1 aromatic carbocycles. The predicted molar refractivity (Wildman–Crippen MR) is 102 cm³/mol. The predicted octanol–water partition coefficient (Wildman–Crippen LogP) is 3.35. The monoisotopic (exact) mass is 394 g/mol. The van der Waals surface area contributed by atoms with E-state index < -0.39 is 0 Å². The second kappa shape index (κ2) is 9.16. The van der Waals surface area contributed by atoms with Gasteiger partial charge in [0.15, 0.2) is 0 Å². The summed E-state index contributed by atoms with van der Waals surface area (Å²) in [5, 5.41) is 7.14. The van der Waals surface area contributed by atoms with E-state index in [-0.39, 0.29) is 12.0 Å². The summed E-state index contributed by atoms with van der Waals surface area (Å²) >= 11 is 12.0. The highest BCUT2D eigenvalue weighted by molar-refractivity contribution is 6.35. The molecule has 8 heteroatoms. The van der Waals surface area contributed by atoms with Crippen LogP contribution in [0.1, 0.15) is 28.8 Å². The number of ether oxygens (including phenoxy) is 1. The minimum atomic E-state index is -0.222. The number of carbonyl (C=O) groups is 1. The Labute approximate surface area is 162 Å². The molecule has 0 spiro atoms. The molecule has 2 aromatic rings. The lowest BCUT2D eigenvalue weighted by Gasteiger charge is -2.10. The third kappa shape index (κ3) is 5.30. The van der Waals surface area contributed by atoms with Gasteiger partial charge in [-0.1, -0.05) is 29.3 Å². The molecule has 0 aliphatic carbocycles. The molecule has 2 N–H and O–H groups in total. The van der Waals surface area contributed by atoms with Gasteiger partial charge in [0.25, 0.3) is 5.91 Å². The van der Waals surface area contributed by atoms with E-state index in [1.165, 1.54) is 12.4 Å². The molecule has 0 saturated carbocycles. The number of benzene rings is 1. The van der Waals surface area contributed by atoms with E-state index in [2.05, 4.69) is 20.6 Å². The summed E-state index contributed by atoms with van der Waals surface area (Å²) in [5.74, 6) is 0.269. The average Bonchev–Trinajstić information content (AvgIpc) is 3.16. The number of rotatable bonds is 7. The summed E-state index contributed by atoms with van der Waals surface area (Å²) in [4.78, 5) is 20.5. The Balaban J connectivity index is 1.45. The largest absolute Gasteiger partial charge is 0.376 e. The summed E-state index contributed by atoms with van der Waals surface area (Å²) in [5.41, 5.74) is 1.34. The van der Waals surface area contributed by atoms with Gasteiger partial charge >= 0.3 is 0 Å². The first-order chi connectivity index (χ1) is 12.6. The maximum absolute atomic E-state index is 12.2. The first-order valence-electron chi connectivity index (χ1n) is 8.51. The zero-order valence-corrected chi connectivity index (χ0v) is 15.7. The van der Waals surface area contributed by atoms with Crippen LogP contribution in [0.2, 0.25) is 10.0 Å². The molecule has 1 atom stereocenters. The smallest absolute Gasteiger partial charge is 0.254 e. The fourth-order valence-electron chi connectivity index (χ4n) is 2.68. The van der Waals surface area contributed by atoms with Gasteiger partial charge in [-0.3, -0.25) is 4.79 Å². The Morgan fingerprint density at radius 3 is 2.77 bits per heavy atom.